The molecule has 0 atom stereocenters. The Labute approximate surface area is 68.2 Å². The number of H-pyrrole nitrogens is 1. The van der Waals surface area contributed by atoms with E-state index in [2.05, 4.69) is 11.6 Å². The van der Waals surface area contributed by atoms with Crippen LogP contribution in [0.1, 0.15) is 5.56 Å². The van der Waals surface area contributed by atoms with Crippen LogP contribution < -0.4 is 5.56 Å². The van der Waals surface area contributed by atoms with Crippen LogP contribution in [0.2, 0.25) is 0 Å². The molecule has 0 amide bonds. The van der Waals surface area contributed by atoms with Gasteiger partial charge >= 0.3 is 5.97 Å². The summed E-state index contributed by atoms with van der Waals surface area (Å²) in [5, 5.41) is 8.51. The Bertz CT molecular complexity index is 378. The molecular formula is C8H7NO3. The number of hydrogen-bond donors (Lipinski definition) is 2. The highest BCUT2D eigenvalue weighted by atomic mass is 16.4. The Hall–Kier alpha value is -1.84. The number of rotatable bonds is 2. The molecule has 0 bridgehead atoms. The fourth-order valence-corrected chi connectivity index (χ4v) is 0.774. The summed E-state index contributed by atoms with van der Waals surface area (Å²) in [6.07, 6.45) is 1.43. The van der Waals surface area contributed by atoms with Crippen molar-refractivity contribution in [2.24, 2.45) is 0 Å². The van der Waals surface area contributed by atoms with E-state index in [4.69, 9.17) is 5.11 Å². The van der Waals surface area contributed by atoms with Gasteiger partial charge < -0.3 is 10.1 Å². The van der Waals surface area contributed by atoms with E-state index in [-0.39, 0.29) is 11.1 Å². The quantitative estimate of drug-likeness (QED) is 0.626. The summed E-state index contributed by atoms with van der Waals surface area (Å²) >= 11 is 0. The summed E-state index contributed by atoms with van der Waals surface area (Å²) in [6.45, 7) is 3.27. The molecular weight excluding hydrogens is 158 g/mol. The van der Waals surface area contributed by atoms with E-state index >= 15 is 0 Å². The van der Waals surface area contributed by atoms with Crippen molar-refractivity contribution < 1.29 is 9.90 Å². The first-order valence-corrected chi connectivity index (χ1v) is 3.23. The SMILES string of the molecule is C=C(C(=O)O)c1ccc[nH]c1=O. The van der Waals surface area contributed by atoms with Crippen LogP contribution in [0.15, 0.2) is 29.7 Å². The van der Waals surface area contributed by atoms with Gasteiger partial charge in [-0.15, -0.1) is 0 Å². The summed E-state index contributed by atoms with van der Waals surface area (Å²) in [6, 6.07) is 2.96. The molecule has 0 aliphatic carbocycles. The van der Waals surface area contributed by atoms with Crippen molar-refractivity contribution in [3.63, 3.8) is 0 Å². The number of hydrogen-bond acceptors (Lipinski definition) is 2. The third-order valence-corrected chi connectivity index (χ3v) is 1.40. The zero-order chi connectivity index (χ0) is 9.14. The van der Waals surface area contributed by atoms with Gasteiger partial charge in [-0.2, -0.15) is 0 Å². The molecule has 2 N–H and O–H groups in total. The van der Waals surface area contributed by atoms with E-state index in [1.807, 2.05) is 0 Å². The minimum Gasteiger partial charge on any atom is -0.478 e. The van der Waals surface area contributed by atoms with Gasteiger partial charge in [0.05, 0.1) is 11.1 Å². The Morgan fingerprint density at radius 1 is 1.58 bits per heavy atom. The molecule has 0 saturated carbocycles. The number of carbonyl (C=O) groups is 1. The van der Waals surface area contributed by atoms with Crippen LogP contribution in [0.4, 0.5) is 0 Å². The number of aromatic nitrogens is 1. The van der Waals surface area contributed by atoms with Gasteiger partial charge in [-0.1, -0.05) is 6.58 Å². The number of nitrogens with one attached hydrogen (secondary N) is 1. The number of pyridine rings is 1. The lowest BCUT2D eigenvalue weighted by molar-refractivity contribution is -0.130. The van der Waals surface area contributed by atoms with Crippen molar-refractivity contribution >= 4 is 11.5 Å². The molecule has 4 nitrogen and oxygen atoms in total. The molecule has 0 radical (unpaired) electrons. The standard InChI is InChI=1S/C8H7NO3/c1-5(8(11)12)6-3-2-4-9-7(6)10/h2-4H,1H2,(H,9,10)(H,11,12). The number of carboxylic acid groups (broad SMARTS) is 1. The minimum atomic E-state index is -1.19. The largest absolute Gasteiger partial charge is 0.478 e. The fraction of sp³-hybridized carbons (Fsp3) is 0. The second-order valence-electron chi connectivity index (χ2n) is 2.20. The number of aliphatic carboxylic acids is 1. The van der Waals surface area contributed by atoms with Crippen molar-refractivity contribution in [1.29, 1.82) is 0 Å². The molecule has 1 aromatic heterocycles. The molecule has 0 aliphatic rings. The smallest absolute Gasteiger partial charge is 0.335 e. The Balaban J connectivity index is 3.21. The van der Waals surface area contributed by atoms with Gasteiger partial charge in [0.2, 0.25) is 0 Å². The average molecular weight is 165 g/mol. The maximum Gasteiger partial charge on any atom is 0.335 e. The van der Waals surface area contributed by atoms with Crippen LogP contribution in [0.25, 0.3) is 5.57 Å². The van der Waals surface area contributed by atoms with Crippen molar-refractivity contribution in [3.8, 4) is 0 Å². The predicted octanol–water partition coefficient (Wildman–Crippen LogP) is 0.473. The molecule has 0 unspecified atom stereocenters. The summed E-state index contributed by atoms with van der Waals surface area (Å²) in [4.78, 5) is 23.7. The van der Waals surface area contributed by atoms with Gasteiger partial charge in [-0.25, -0.2) is 4.79 Å². The van der Waals surface area contributed by atoms with E-state index in [0.717, 1.165) is 0 Å². The maximum atomic E-state index is 11.0. The first-order chi connectivity index (χ1) is 5.63. The van der Waals surface area contributed by atoms with E-state index in [9.17, 15) is 9.59 Å². The topological polar surface area (TPSA) is 70.2 Å². The number of carboxylic acids is 1. The van der Waals surface area contributed by atoms with Crippen LogP contribution in [-0.4, -0.2) is 16.1 Å². The molecule has 0 fully saturated rings. The van der Waals surface area contributed by atoms with Gasteiger partial charge in [0.15, 0.2) is 0 Å². The highest BCUT2D eigenvalue weighted by molar-refractivity contribution is 6.14. The van der Waals surface area contributed by atoms with Gasteiger partial charge in [0, 0.05) is 6.20 Å². The van der Waals surface area contributed by atoms with E-state index in [0.29, 0.717) is 0 Å². The zero-order valence-corrected chi connectivity index (χ0v) is 6.20. The Morgan fingerprint density at radius 2 is 2.25 bits per heavy atom. The highest BCUT2D eigenvalue weighted by Gasteiger charge is 2.09. The van der Waals surface area contributed by atoms with Crippen molar-refractivity contribution in [1.82, 2.24) is 4.98 Å². The first-order valence-electron chi connectivity index (χ1n) is 3.23. The average Bonchev–Trinajstić information content (AvgIpc) is 2.04. The van der Waals surface area contributed by atoms with Crippen LogP contribution >= 0.6 is 0 Å². The Morgan fingerprint density at radius 3 is 2.75 bits per heavy atom. The van der Waals surface area contributed by atoms with Crippen LogP contribution in [0, 0.1) is 0 Å². The molecule has 4 heteroatoms. The predicted molar refractivity (Wildman–Crippen MR) is 43.7 cm³/mol. The number of aromatic amines is 1. The Kier molecular flexibility index (Phi) is 2.09. The second-order valence-corrected chi connectivity index (χ2v) is 2.20. The monoisotopic (exact) mass is 165 g/mol. The lowest BCUT2D eigenvalue weighted by Crippen LogP contribution is -2.13. The van der Waals surface area contributed by atoms with Crippen LogP contribution in [0.5, 0.6) is 0 Å². The van der Waals surface area contributed by atoms with Crippen molar-refractivity contribution in [2.75, 3.05) is 0 Å². The summed E-state index contributed by atoms with van der Waals surface area (Å²) < 4.78 is 0. The summed E-state index contributed by atoms with van der Waals surface area (Å²) in [5.41, 5.74) is -0.549. The third kappa shape index (κ3) is 1.42. The first kappa shape index (κ1) is 8.26. The van der Waals surface area contributed by atoms with Gasteiger partial charge in [0.25, 0.3) is 5.56 Å². The van der Waals surface area contributed by atoms with Gasteiger partial charge in [-0.05, 0) is 12.1 Å². The van der Waals surface area contributed by atoms with Crippen LogP contribution in [-0.2, 0) is 4.79 Å². The molecule has 62 valence electrons. The van der Waals surface area contributed by atoms with E-state index in [1.54, 1.807) is 6.07 Å². The molecule has 0 spiro atoms. The van der Waals surface area contributed by atoms with E-state index < -0.39 is 11.5 Å². The molecule has 1 aromatic rings. The van der Waals surface area contributed by atoms with Gasteiger partial charge in [0.1, 0.15) is 0 Å². The lowest BCUT2D eigenvalue weighted by atomic mass is 10.1. The molecule has 0 saturated heterocycles. The van der Waals surface area contributed by atoms with Gasteiger partial charge in [-0.3, -0.25) is 4.79 Å². The molecule has 12 heavy (non-hydrogen) atoms. The molecule has 1 rings (SSSR count). The zero-order valence-electron chi connectivity index (χ0n) is 6.20. The maximum absolute atomic E-state index is 11.0. The van der Waals surface area contributed by atoms with E-state index in [1.165, 1.54) is 12.3 Å². The van der Waals surface area contributed by atoms with Crippen molar-refractivity contribution in [3.05, 3.63) is 40.8 Å². The second kappa shape index (κ2) is 3.04. The third-order valence-electron chi connectivity index (χ3n) is 1.40. The summed E-state index contributed by atoms with van der Waals surface area (Å²) in [5.74, 6) is -1.19. The lowest BCUT2D eigenvalue weighted by Gasteiger charge is -1.96. The molecule has 0 aromatic carbocycles. The van der Waals surface area contributed by atoms with Crippen LogP contribution in [0.3, 0.4) is 0 Å². The normalized spacial score (nSPS) is 9.33. The highest BCUT2D eigenvalue weighted by Crippen LogP contribution is 2.04. The summed E-state index contributed by atoms with van der Waals surface area (Å²) in [7, 11) is 0. The van der Waals surface area contributed by atoms with Crippen molar-refractivity contribution in [2.45, 2.75) is 0 Å². The minimum absolute atomic E-state index is 0.0880. The fourth-order valence-electron chi connectivity index (χ4n) is 0.774. The molecule has 0 aliphatic heterocycles. The molecule has 1 heterocycles.